The van der Waals surface area contributed by atoms with Gasteiger partial charge in [0.05, 0.1) is 12.6 Å². The Labute approximate surface area is 106 Å². The fraction of sp³-hybridized carbons (Fsp3) is 0.538. The van der Waals surface area contributed by atoms with Crippen LogP contribution in [0.4, 0.5) is 0 Å². The van der Waals surface area contributed by atoms with Gasteiger partial charge in [-0.05, 0) is 18.9 Å². The number of ether oxygens (including phenoxy) is 1. The van der Waals surface area contributed by atoms with Crippen LogP contribution in [0.3, 0.4) is 0 Å². The van der Waals surface area contributed by atoms with Crippen LogP contribution in [0.15, 0.2) is 12.1 Å². The highest BCUT2D eigenvalue weighted by atomic mass is 16.5. The molecule has 0 unspecified atom stereocenters. The summed E-state index contributed by atoms with van der Waals surface area (Å²) in [5.41, 5.74) is 7.92. The minimum absolute atomic E-state index is 0.0854. The van der Waals surface area contributed by atoms with Crippen LogP contribution in [0.1, 0.15) is 31.5 Å². The van der Waals surface area contributed by atoms with Crippen molar-refractivity contribution in [3.05, 3.63) is 18.0 Å². The molecule has 0 aromatic carbocycles. The van der Waals surface area contributed by atoms with Crippen LogP contribution in [0, 0.1) is 0 Å². The van der Waals surface area contributed by atoms with Gasteiger partial charge in [0.15, 0.2) is 5.65 Å². The van der Waals surface area contributed by atoms with Gasteiger partial charge in [-0.1, -0.05) is 12.8 Å². The van der Waals surface area contributed by atoms with Gasteiger partial charge in [-0.3, -0.25) is 0 Å². The normalized spacial score (nSPS) is 18.3. The van der Waals surface area contributed by atoms with Crippen molar-refractivity contribution in [2.45, 2.75) is 37.6 Å². The number of rotatable bonds is 3. The minimum atomic E-state index is -0.0854. The fourth-order valence-corrected chi connectivity index (χ4v) is 2.71. The number of methoxy groups -OCH3 is 1. The maximum Gasteiger partial charge on any atom is 0.215 e. The van der Waals surface area contributed by atoms with Crippen molar-refractivity contribution < 1.29 is 4.74 Å². The number of H-pyrrole nitrogens is 1. The van der Waals surface area contributed by atoms with E-state index in [2.05, 4.69) is 15.0 Å². The van der Waals surface area contributed by atoms with E-state index in [1.807, 2.05) is 12.1 Å². The Kier molecular flexibility index (Phi) is 2.70. The molecule has 1 aliphatic carbocycles. The quantitative estimate of drug-likeness (QED) is 0.865. The molecule has 2 aromatic heterocycles. The van der Waals surface area contributed by atoms with Gasteiger partial charge in [-0.25, -0.2) is 4.98 Å². The maximum atomic E-state index is 6.36. The second-order valence-electron chi connectivity index (χ2n) is 5.15. The number of aromatic amines is 1. The van der Waals surface area contributed by atoms with Crippen molar-refractivity contribution in [1.29, 1.82) is 0 Å². The predicted molar refractivity (Wildman–Crippen MR) is 69.5 cm³/mol. The summed E-state index contributed by atoms with van der Waals surface area (Å²) in [7, 11) is 1.61. The molecule has 1 saturated carbocycles. The third kappa shape index (κ3) is 2.06. The van der Waals surface area contributed by atoms with Crippen LogP contribution >= 0.6 is 0 Å². The summed E-state index contributed by atoms with van der Waals surface area (Å²) in [5, 5.41) is 0. The number of fused-ring (bicyclic) bond motifs is 1. The Hall–Kier alpha value is -1.62. The van der Waals surface area contributed by atoms with E-state index in [9.17, 15) is 0 Å². The number of nitrogens with one attached hydrogen (secondary N) is 1. The van der Waals surface area contributed by atoms with Gasteiger partial charge in [0.25, 0.3) is 0 Å². The second-order valence-corrected chi connectivity index (χ2v) is 5.15. The van der Waals surface area contributed by atoms with E-state index in [0.717, 1.165) is 30.6 Å². The molecule has 3 N–H and O–H groups in total. The lowest BCUT2D eigenvalue weighted by atomic mass is 9.94. The van der Waals surface area contributed by atoms with E-state index >= 15 is 0 Å². The molecule has 2 aromatic rings. The lowest BCUT2D eigenvalue weighted by Crippen LogP contribution is -2.39. The van der Waals surface area contributed by atoms with Crippen LogP contribution in [0.25, 0.3) is 11.2 Å². The third-order valence-electron chi connectivity index (χ3n) is 3.70. The summed E-state index contributed by atoms with van der Waals surface area (Å²) in [5.74, 6) is 1.51. The van der Waals surface area contributed by atoms with Gasteiger partial charge in [-0.2, -0.15) is 4.98 Å². The van der Waals surface area contributed by atoms with Crippen molar-refractivity contribution in [1.82, 2.24) is 15.0 Å². The largest absolute Gasteiger partial charge is 0.481 e. The molecule has 18 heavy (non-hydrogen) atoms. The second kappa shape index (κ2) is 4.24. The van der Waals surface area contributed by atoms with E-state index < -0.39 is 0 Å². The number of nitrogens with two attached hydrogens (primary N) is 1. The zero-order valence-corrected chi connectivity index (χ0v) is 10.6. The van der Waals surface area contributed by atoms with Gasteiger partial charge >= 0.3 is 0 Å². The molecule has 0 amide bonds. The lowest BCUT2D eigenvalue weighted by molar-refractivity contribution is 0.399. The molecule has 0 atom stereocenters. The molecule has 0 spiro atoms. The number of hydrogen-bond acceptors (Lipinski definition) is 4. The van der Waals surface area contributed by atoms with Gasteiger partial charge < -0.3 is 15.5 Å². The summed E-state index contributed by atoms with van der Waals surface area (Å²) in [6.07, 6.45) is 5.42. The molecule has 1 aliphatic rings. The van der Waals surface area contributed by atoms with E-state index in [-0.39, 0.29) is 5.54 Å². The average molecular weight is 246 g/mol. The minimum Gasteiger partial charge on any atom is -0.481 e. The van der Waals surface area contributed by atoms with Crippen LogP contribution in [0.5, 0.6) is 5.88 Å². The van der Waals surface area contributed by atoms with E-state index in [4.69, 9.17) is 10.5 Å². The van der Waals surface area contributed by atoms with Crippen molar-refractivity contribution in [3.8, 4) is 5.88 Å². The standard InChI is InChI=1S/C13H18N4O/c1-18-11-5-4-9-12(17-11)16-10(15-9)8-13(14)6-2-3-7-13/h4-5H,2-3,6-8,14H2,1H3,(H,15,16,17). The topological polar surface area (TPSA) is 76.8 Å². The summed E-state index contributed by atoms with van der Waals surface area (Å²) in [6, 6.07) is 3.77. The summed E-state index contributed by atoms with van der Waals surface area (Å²) in [4.78, 5) is 12.1. The fourth-order valence-electron chi connectivity index (χ4n) is 2.71. The highest BCUT2D eigenvalue weighted by molar-refractivity contribution is 5.71. The third-order valence-corrected chi connectivity index (χ3v) is 3.70. The number of aromatic nitrogens is 3. The highest BCUT2D eigenvalue weighted by Crippen LogP contribution is 2.30. The molecule has 0 aliphatic heterocycles. The van der Waals surface area contributed by atoms with Gasteiger partial charge in [-0.15, -0.1) is 0 Å². The van der Waals surface area contributed by atoms with Gasteiger partial charge in [0.1, 0.15) is 5.82 Å². The van der Waals surface area contributed by atoms with Crippen molar-refractivity contribution in [3.63, 3.8) is 0 Å². The molecule has 5 nitrogen and oxygen atoms in total. The summed E-state index contributed by atoms with van der Waals surface area (Å²) >= 11 is 0. The SMILES string of the molecule is COc1ccc2[nH]c(CC3(N)CCCC3)nc2n1. The number of pyridine rings is 1. The van der Waals surface area contributed by atoms with Gasteiger partial charge in [0.2, 0.25) is 5.88 Å². The number of hydrogen-bond donors (Lipinski definition) is 2. The summed E-state index contributed by atoms with van der Waals surface area (Å²) in [6.45, 7) is 0. The molecule has 3 rings (SSSR count). The summed E-state index contributed by atoms with van der Waals surface area (Å²) < 4.78 is 5.10. The molecule has 96 valence electrons. The van der Waals surface area contributed by atoms with Crippen LogP contribution < -0.4 is 10.5 Å². The Morgan fingerprint density at radius 3 is 2.83 bits per heavy atom. The van der Waals surface area contributed by atoms with E-state index in [0.29, 0.717) is 11.5 Å². The first kappa shape index (κ1) is 11.5. The first-order valence-electron chi connectivity index (χ1n) is 6.37. The lowest BCUT2D eigenvalue weighted by Gasteiger charge is -2.21. The Bertz CT molecular complexity index is 557. The molecule has 0 bridgehead atoms. The molecule has 0 radical (unpaired) electrons. The van der Waals surface area contributed by atoms with Crippen LogP contribution in [0.2, 0.25) is 0 Å². The number of nitrogens with zero attached hydrogens (tertiary/aromatic N) is 2. The molecule has 1 fully saturated rings. The first-order valence-corrected chi connectivity index (χ1v) is 6.37. The maximum absolute atomic E-state index is 6.36. The van der Waals surface area contributed by atoms with Crippen LogP contribution in [-0.2, 0) is 6.42 Å². The Balaban J connectivity index is 1.88. The number of imidazole rings is 1. The average Bonchev–Trinajstić information content (AvgIpc) is 2.94. The molecule has 5 heteroatoms. The highest BCUT2D eigenvalue weighted by Gasteiger charge is 2.30. The van der Waals surface area contributed by atoms with Gasteiger partial charge in [0, 0.05) is 18.0 Å². The monoisotopic (exact) mass is 246 g/mol. The Morgan fingerprint density at radius 1 is 1.33 bits per heavy atom. The zero-order chi connectivity index (χ0) is 12.6. The van der Waals surface area contributed by atoms with E-state index in [1.54, 1.807) is 7.11 Å². The van der Waals surface area contributed by atoms with Crippen LogP contribution in [-0.4, -0.2) is 27.6 Å². The van der Waals surface area contributed by atoms with E-state index in [1.165, 1.54) is 12.8 Å². The molecule has 2 heterocycles. The Morgan fingerprint density at radius 2 is 2.11 bits per heavy atom. The van der Waals surface area contributed by atoms with Crippen molar-refractivity contribution in [2.75, 3.05) is 7.11 Å². The van der Waals surface area contributed by atoms with Crippen molar-refractivity contribution >= 4 is 11.2 Å². The zero-order valence-electron chi connectivity index (χ0n) is 10.6. The van der Waals surface area contributed by atoms with Crippen molar-refractivity contribution in [2.24, 2.45) is 5.73 Å². The molecular weight excluding hydrogens is 228 g/mol. The molecule has 0 saturated heterocycles. The smallest absolute Gasteiger partial charge is 0.215 e. The first-order chi connectivity index (χ1) is 8.68. The molecular formula is C13H18N4O. The predicted octanol–water partition coefficient (Wildman–Crippen LogP) is 1.78.